The number of rotatable bonds is 5. The van der Waals surface area contributed by atoms with E-state index in [4.69, 9.17) is 11.6 Å². The molecule has 106 valence electrons. The lowest BCUT2D eigenvalue weighted by atomic mass is 10.0. The molecule has 2 aromatic rings. The maximum Gasteiger partial charge on any atom is 0.0645 e. The van der Waals surface area contributed by atoms with Crippen molar-refractivity contribution in [3.05, 3.63) is 68.7 Å². The topological polar surface area (TPSA) is 0 Å². The van der Waals surface area contributed by atoms with Gasteiger partial charge in [-0.2, -0.15) is 0 Å². The van der Waals surface area contributed by atoms with E-state index < -0.39 is 0 Å². The summed E-state index contributed by atoms with van der Waals surface area (Å²) in [7, 11) is 0. The van der Waals surface area contributed by atoms with Gasteiger partial charge >= 0.3 is 0 Å². The van der Waals surface area contributed by atoms with Gasteiger partial charge in [-0.3, -0.25) is 0 Å². The summed E-state index contributed by atoms with van der Waals surface area (Å²) in [6.07, 6.45) is 3.64. The molecule has 0 saturated carbocycles. The molecule has 0 aliphatic rings. The van der Waals surface area contributed by atoms with E-state index in [2.05, 4.69) is 69.1 Å². The summed E-state index contributed by atoms with van der Waals surface area (Å²) in [5, 5.41) is 0.749. The van der Waals surface area contributed by atoms with E-state index in [0.29, 0.717) is 0 Å². The molecular weight excluding hydrogens is 399 g/mol. The number of halogens is 3. The molecule has 0 radical (unpaired) electrons. The van der Waals surface area contributed by atoms with Gasteiger partial charge in [-0.15, -0.1) is 0 Å². The molecule has 0 aromatic heterocycles. The van der Waals surface area contributed by atoms with Crippen molar-refractivity contribution in [2.75, 3.05) is 0 Å². The molecule has 1 atom stereocenters. The molecule has 0 N–H and O–H groups in total. The van der Waals surface area contributed by atoms with Gasteiger partial charge in [0, 0.05) is 9.50 Å². The van der Waals surface area contributed by atoms with Crippen LogP contribution in [-0.2, 0) is 6.42 Å². The fourth-order valence-corrected chi connectivity index (χ4v) is 3.60. The largest absolute Gasteiger partial charge is 0.0843 e. The molecule has 0 aliphatic carbocycles. The summed E-state index contributed by atoms with van der Waals surface area (Å²) < 4.78 is 1.00. The van der Waals surface area contributed by atoms with E-state index in [9.17, 15) is 0 Å². The van der Waals surface area contributed by atoms with E-state index in [0.717, 1.165) is 21.5 Å². The van der Waals surface area contributed by atoms with E-state index in [-0.39, 0.29) is 4.83 Å². The van der Waals surface area contributed by atoms with Gasteiger partial charge < -0.3 is 0 Å². The van der Waals surface area contributed by atoms with Crippen LogP contribution in [0.3, 0.4) is 0 Å². The SMILES string of the molecule is CCCCc1ccc(C(Br)c2cc(Cl)cc(Br)c2)cc1. The third-order valence-corrected chi connectivity index (χ3v) is 5.00. The standard InChI is InChI=1S/C17H17Br2Cl/c1-2-3-4-12-5-7-13(8-6-12)17(19)14-9-15(18)11-16(20)10-14/h5-11,17H,2-4H2,1H3. The number of aryl methyl sites for hydroxylation is 1. The zero-order valence-corrected chi connectivity index (χ0v) is 15.3. The van der Waals surface area contributed by atoms with Crippen LogP contribution in [0.5, 0.6) is 0 Å². The van der Waals surface area contributed by atoms with E-state index in [1.54, 1.807) is 0 Å². The van der Waals surface area contributed by atoms with Gasteiger partial charge in [-0.1, -0.05) is 81.1 Å². The maximum atomic E-state index is 6.11. The molecule has 2 aromatic carbocycles. The van der Waals surface area contributed by atoms with Crippen LogP contribution in [0, 0.1) is 0 Å². The zero-order chi connectivity index (χ0) is 14.5. The monoisotopic (exact) mass is 414 g/mol. The van der Waals surface area contributed by atoms with Crippen molar-refractivity contribution in [3.63, 3.8) is 0 Å². The number of hydrogen-bond acceptors (Lipinski definition) is 0. The Morgan fingerprint density at radius 1 is 1.05 bits per heavy atom. The van der Waals surface area contributed by atoms with Crippen molar-refractivity contribution in [3.8, 4) is 0 Å². The molecule has 0 heterocycles. The van der Waals surface area contributed by atoms with Crippen LogP contribution >= 0.6 is 43.5 Å². The molecule has 0 saturated heterocycles. The number of hydrogen-bond donors (Lipinski definition) is 0. The summed E-state index contributed by atoms with van der Waals surface area (Å²) in [5.41, 5.74) is 3.81. The minimum atomic E-state index is 0.165. The van der Waals surface area contributed by atoms with Gasteiger partial charge in [0.1, 0.15) is 0 Å². The highest BCUT2D eigenvalue weighted by Gasteiger charge is 2.11. The van der Waals surface area contributed by atoms with Gasteiger partial charge in [-0.25, -0.2) is 0 Å². The van der Waals surface area contributed by atoms with E-state index in [1.807, 2.05) is 12.1 Å². The Kier molecular flexibility index (Phi) is 6.13. The van der Waals surface area contributed by atoms with E-state index in [1.165, 1.54) is 24.0 Å². The van der Waals surface area contributed by atoms with Gasteiger partial charge in [0.15, 0.2) is 0 Å². The van der Waals surface area contributed by atoms with Crippen LogP contribution in [0.25, 0.3) is 0 Å². The van der Waals surface area contributed by atoms with Crippen LogP contribution in [0.4, 0.5) is 0 Å². The van der Waals surface area contributed by atoms with Crippen molar-refractivity contribution in [1.82, 2.24) is 0 Å². The average Bonchev–Trinajstić information content (AvgIpc) is 2.44. The molecule has 0 amide bonds. The maximum absolute atomic E-state index is 6.11. The lowest BCUT2D eigenvalue weighted by Crippen LogP contribution is -1.94. The molecule has 3 heteroatoms. The van der Waals surface area contributed by atoms with Crippen molar-refractivity contribution < 1.29 is 0 Å². The first kappa shape index (κ1) is 16.1. The van der Waals surface area contributed by atoms with Crippen LogP contribution in [0.15, 0.2) is 46.9 Å². The second-order valence-corrected chi connectivity index (χ2v) is 7.18. The van der Waals surface area contributed by atoms with Crippen molar-refractivity contribution in [1.29, 1.82) is 0 Å². The molecule has 0 fully saturated rings. The summed E-state index contributed by atoms with van der Waals surface area (Å²) in [5.74, 6) is 0. The Morgan fingerprint density at radius 2 is 1.75 bits per heavy atom. The molecule has 0 aliphatic heterocycles. The fourth-order valence-electron chi connectivity index (χ4n) is 2.15. The van der Waals surface area contributed by atoms with E-state index >= 15 is 0 Å². The molecule has 1 unspecified atom stereocenters. The first-order valence-corrected chi connectivity index (χ1v) is 8.87. The lowest BCUT2D eigenvalue weighted by molar-refractivity contribution is 0.795. The van der Waals surface area contributed by atoms with Gasteiger partial charge in [0.2, 0.25) is 0 Å². The highest BCUT2D eigenvalue weighted by Crippen LogP contribution is 2.34. The second kappa shape index (κ2) is 7.63. The Hall–Kier alpha value is -0.310. The minimum absolute atomic E-state index is 0.165. The summed E-state index contributed by atoms with van der Waals surface area (Å²) in [6, 6.07) is 14.8. The van der Waals surface area contributed by atoms with Crippen LogP contribution in [0.2, 0.25) is 5.02 Å². The predicted molar refractivity (Wildman–Crippen MR) is 95.0 cm³/mol. The Labute approximate surface area is 142 Å². The van der Waals surface area contributed by atoms with Crippen molar-refractivity contribution in [2.45, 2.75) is 31.0 Å². The summed E-state index contributed by atoms with van der Waals surface area (Å²) in [6.45, 7) is 2.22. The average molecular weight is 417 g/mol. The van der Waals surface area contributed by atoms with Crippen LogP contribution in [0.1, 0.15) is 41.3 Å². The van der Waals surface area contributed by atoms with Crippen LogP contribution in [-0.4, -0.2) is 0 Å². The third-order valence-electron chi connectivity index (χ3n) is 3.27. The minimum Gasteiger partial charge on any atom is -0.0843 e. The number of benzene rings is 2. The van der Waals surface area contributed by atoms with Gasteiger partial charge in [0.05, 0.1) is 4.83 Å². The van der Waals surface area contributed by atoms with Gasteiger partial charge in [-0.05, 0) is 47.7 Å². The Morgan fingerprint density at radius 3 is 2.35 bits per heavy atom. The predicted octanol–water partition coefficient (Wildman–Crippen LogP) is 6.93. The zero-order valence-electron chi connectivity index (χ0n) is 11.4. The molecule has 0 nitrogen and oxygen atoms in total. The van der Waals surface area contributed by atoms with Crippen molar-refractivity contribution in [2.24, 2.45) is 0 Å². The Bertz CT molecular complexity index is 543. The smallest absolute Gasteiger partial charge is 0.0645 e. The first-order valence-electron chi connectivity index (χ1n) is 6.79. The summed E-state index contributed by atoms with van der Waals surface area (Å²) in [4.78, 5) is 0.165. The molecule has 0 bridgehead atoms. The molecule has 20 heavy (non-hydrogen) atoms. The second-order valence-electron chi connectivity index (χ2n) is 4.91. The lowest BCUT2D eigenvalue weighted by Gasteiger charge is -2.12. The molecular formula is C17H17Br2Cl. The quantitative estimate of drug-likeness (QED) is 0.464. The third kappa shape index (κ3) is 4.34. The number of alkyl halides is 1. The van der Waals surface area contributed by atoms with Crippen LogP contribution < -0.4 is 0 Å². The normalized spacial score (nSPS) is 12.4. The molecule has 0 spiro atoms. The number of unbranched alkanes of at least 4 members (excludes halogenated alkanes) is 1. The molecule has 2 rings (SSSR count). The highest BCUT2D eigenvalue weighted by molar-refractivity contribution is 9.10. The highest BCUT2D eigenvalue weighted by atomic mass is 79.9. The summed E-state index contributed by atoms with van der Waals surface area (Å²) >= 11 is 13.4. The first-order chi connectivity index (χ1) is 9.60. The van der Waals surface area contributed by atoms with Gasteiger partial charge in [0.25, 0.3) is 0 Å². The fraction of sp³-hybridized carbons (Fsp3) is 0.294. The van der Waals surface area contributed by atoms with Crippen molar-refractivity contribution >= 4 is 43.5 Å². The Balaban J connectivity index is 2.17.